The lowest BCUT2D eigenvalue weighted by atomic mass is 10.0. The second-order valence-electron chi connectivity index (χ2n) is 4.41. The average molecular weight is 289 g/mol. The third kappa shape index (κ3) is 2.57. The zero-order chi connectivity index (χ0) is 13.3. The van der Waals surface area contributed by atoms with Gasteiger partial charge in [0.2, 0.25) is 0 Å². The standard InChI is InChI=1S/C11H15NO4S2/c1-8-4-5-10(17-8)18(15,16)12-6-2-3-9(7-12)11(13)14/h4-5,9H,2-3,6-7H2,1H3,(H,13,14)/t9-/m0/s1. The van der Waals surface area contributed by atoms with Gasteiger partial charge in [-0.25, -0.2) is 8.42 Å². The summed E-state index contributed by atoms with van der Waals surface area (Å²) >= 11 is 1.22. The zero-order valence-corrected chi connectivity index (χ0v) is 11.6. The highest BCUT2D eigenvalue weighted by molar-refractivity contribution is 7.91. The van der Waals surface area contributed by atoms with E-state index in [1.54, 1.807) is 12.1 Å². The van der Waals surface area contributed by atoms with Gasteiger partial charge in [-0.3, -0.25) is 4.79 Å². The van der Waals surface area contributed by atoms with Gasteiger partial charge in [-0.1, -0.05) is 0 Å². The number of hydrogen-bond acceptors (Lipinski definition) is 4. The minimum absolute atomic E-state index is 0.0780. The van der Waals surface area contributed by atoms with Crippen LogP contribution in [0, 0.1) is 12.8 Å². The van der Waals surface area contributed by atoms with Gasteiger partial charge >= 0.3 is 5.97 Å². The van der Waals surface area contributed by atoms with E-state index >= 15 is 0 Å². The Balaban J connectivity index is 2.22. The summed E-state index contributed by atoms with van der Waals surface area (Å²) in [7, 11) is -3.52. The van der Waals surface area contributed by atoms with Crippen LogP contribution in [0.1, 0.15) is 17.7 Å². The molecule has 1 aliphatic rings. The van der Waals surface area contributed by atoms with E-state index in [2.05, 4.69) is 0 Å². The van der Waals surface area contributed by atoms with Gasteiger partial charge in [-0.05, 0) is 31.9 Å². The molecule has 2 rings (SSSR count). The Morgan fingerprint density at radius 2 is 2.22 bits per heavy atom. The van der Waals surface area contributed by atoms with E-state index in [-0.39, 0.29) is 6.54 Å². The molecule has 1 aromatic rings. The molecule has 100 valence electrons. The molecule has 0 aromatic carbocycles. The van der Waals surface area contributed by atoms with Crippen LogP contribution in [0.4, 0.5) is 0 Å². The first kappa shape index (κ1) is 13.5. The van der Waals surface area contributed by atoms with Gasteiger partial charge < -0.3 is 5.11 Å². The lowest BCUT2D eigenvalue weighted by Crippen LogP contribution is -2.41. The van der Waals surface area contributed by atoms with Gasteiger partial charge in [-0.2, -0.15) is 4.31 Å². The molecule has 2 heterocycles. The quantitative estimate of drug-likeness (QED) is 0.916. The summed E-state index contributed by atoms with van der Waals surface area (Å²) in [6.45, 7) is 2.33. The van der Waals surface area contributed by atoms with Crippen molar-refractivity contribution >= 4 is 27.3 Å². The molecule has 0 unspecified atom stereocenters. The highest BCUT2D eigenvalue weighted by Crippen LogP contribution is 2.28. The summed E-state index contributed by atoms with van der Waals surface area (Å²) in [6, 6.07) is 3.34. The number of carboxylic acids is 1. The fraction of sp³-hybridized carbons (Fsp3) is 0.545. The summed E-state index contributed by atoms with van der Waals surface area (Å²) in [6.07, 6.45) is 1.14. The molecule has 0 saturated carbocycles. The first-order valence-corrected chi connectivity index (χ1v) is 7.96. The van der Waals surface area contributed by atoms with Gasteiger partial charge in [0.15, 0.2) is 0 Å². The van der Waals surface area contributed by atoms with Crippen LogP contribution in [0.5, 0.6) is 0 Å². The van der Waals surface area contributed by atoms with E-state index in [0.29, 0.717) is 23.6 Å². The minimum Gasteiger partial charge on any atom is -0.481 e. The zero-order valence-electron chi connectivity index (χ0n) is 10.00. The number of thiophene rings is 1. The maximum atomic E-state index is 12.3. The molecule has 0 bridgehead atoms. The molecule has 1 atom stereocenters. The van der Waals surface area contributed by atoms with E-state index in [1.807, 2.05) is 6.92 Å². The van der Waals surface area contributed by atoms with Crippen molar-refractivity contribution in [3.63, 3.8) is 0 Å². The SMILES string of the molecule is Cc1ccc(S(=O)(=O)N2CCC[C@H](C(=O)O)C2)s1. The third-order valence-corrected chi connectivity index (χ3v) is 6.38. The van der Waals surface area contributed by atoms with Crippen molar-refractivity contribution in [1.29, 1.82) is 0 Å². The van der Waals surface area contributed by atoms with Crippen LogP contribution in [0.2, 0.25) is 0 Å². The van der Waals surface area contributed by atoms with Crippen LogP contribution >= 0.6 is 11.3 Å². The Bertz CT molecular complexity index is 549. The molecule has 18 heavy (non-hydrogen) atoms. The van der Waals surface area contributed by atoms with Crippen LogP contribution in [-0.2, 0) is 14.8 Å². The van der Waals surface area contributed by atoms with Crippen molar-refractivity contribution in [3.8, 4) is 0 Å². The van der Waals surface area contributed by atoms with Crippen molar-refractivity contribution < 1.29 is 18.3 Å². The van der Waals surface area contributed by atoms with E-state index in [0.717, 1.165) is 4.88 Å². The number of rotatable bonds is 3. The molecule has 1 aromatic heterocycles. The minimum atomic E-state index is -3.52. The lowest BCUT2D eigenvalue weighted by Gasteiger charge is -2.29. The Hall–Kier alpha value is -0.920. The van der Waals surface area contributed by atoms with Gasteiger partial charge in [0.25, 0.3) is 10.0 Å². The van der Waals surface area contributed by atoms with Crippen molar-refractivity contribution in [3.05, 3.63) is 17.0 Å². The van der Waals surface area contributed by atoms with Gasteiger partial charge in [0.05, 0.1) is 5.92 Å². The molecular formula is C11H15NO4S2. The van der Waals surface area contributed by atoms with Crippen LogP contribution in [0.15, 0.2) is 16.3 Å². The summed E-state index contributed by atoms with van der Waals surface area (Å²) in [5, 5.41) is 8.98. The predicted octanol–water partition coefficient (Wildman–Crippen LogP) is 1.54. The van der Waals surface area contributed by atoms with Crippen molar-refractivity contribution in [2.45, 2.75) is 24.0 Å². The summed E-state index contributed by atoms with van der Waals surface area (Å²) < 4.78 is 26.2. The maximum absolute atomic E-state index is 12.3. The second-order valence-corrected chi connectivity index (χ2v) is 7.86. The van der Waals surface area contributed by atoms with Gasteiger partial charge in [0.1, 0.15) is 4.21 Å². The number of aliphatic carboxylic acids is 1. The summed E-state index contributed by atoms with van der Waals surface area (Å²) in [5.41, 5.74) is 0. The van der Waals surface area contributed by atoms with Crippen molar-refractivity contribution in [1.82, 2.24) is 4.31 Å². The molecule has 0 amide bonds. The highest BCUT2D eigenvalue weighted by atomic mass is 32.2. The molecule has 7 heteroatoms. The Morgan fingerprint density at radius 1 is 1.50 bits per heavy atom. The van der Waals surface area contributed by atoms with E-state index in [9.17, 15) is 13.2 Å². The van der Waals surface area contributed by atoms with Crippen molar-refractivity contribution in [2.24, 2.45) is 5.92 Å². The average Bonchev–Trinajstić information content (AvgIpc) is 2.77. The van der Waals surface area contributed by atoms with Crippen LogP contribution < -0.4 is 0 Å². The molecule has 0 radical (unpaired) electrons. The number of hydrogen-bond donors (Lipinski definition) is 1. The normalized spacial score (nSPS) is 21.9. The fourth-order valence-corrected chi connectivity index (χ4v) is 5.00. The van der Waals surface area contributed by atoms with Crippen molar-refractivity contribution in [2.75, 3.05) is 13.1 Å². The topological polar surface area (TPSA) is 74.7 Å². The maximum Gasteiger partial charge on any atom is 0.307 e. The Morgan fingerprint density at radius 3 is 2.78 bits per heavy atom. The molecule has 1 fully saturated rings. The predicted molar refractivity (Wildman–Crippen MR) is 68.2 cm³/mol. The highest BCUT2D eigenvalue weighted by Gasteiger charge is 2.33. The van der Waals surface area contributed by atoms with Crippen LogP contribution in [-0.4, -0.2) is 36.9 Å². The molecular weight excluding hydrogens is 274 g/mol. The molecule has 1 aliphatic heterocycles. The Kier molecular flexibility index (Phi) is 3.74. The number of sulfonamides is 1. The number of piperidine rings is 1. The van der Waals surface area contributed by atoms with Gasteiger partial charge in [0, 0.05) is 18.0 Å². The lowest BCUT2D eigenvalue weighted by molar-refractivity contribution is -0.142. The number of carbonyl (C=O) groups is 1. The molecule has 1 N–H and O–H groups in total. The van der Waals surface area contributed by atoms with Gasteiger partial charge in [-0.15, -0.1) is 11.3 Å². The molecule has 0 aliphatic carbocycles. The van der Waals surface area contributed by atoms with E-state index < -0.39 is 21.9 Å². The second kappa shape index (κ2) is 4.99. The number of carboxylic acid groups (broad SMARTS) is 1. The third-order valence-electron chi connectivity index (χ3n) is 3.04. The first-order chi connectivity index (χ1) is 8.41. The van der Waals surface area contributed by atoms with Crippen LogP contribution in [0.25, 0.3) is 0 Å². The largest absolute Gasteiger partial charge is 0.481 e. The smallest absolute Gasteiger partial charge is 0.307 e. The monoisotopic (exact) mass is 289 g/mol. The molecule has 1 saturated heterocycles. The fourth-order valence-electron chi connectivity index (χ4n) is 2.04. The summed E-state index contributed by atoms with van der Waals surface area (Å²) in [4.78, 5) is 11.9. The number of nitrogens with zero attached hydrogens (tertiary/aromatic N) is 1. The van der Waals surface area contributed by atoms with Crippen LogP contribution in [0.3, 0.4) is 0 Å². The Labute approximate surface area is 110 Å². The molecule has 0 spiro atoms. The molecule has 5 nitrogen and oxygen atoms in total. The number of aryl methyl sites for hydroxylation is 1. The first-order valence-electron chi connectivity index (χ1n) is 5.70. The summed E-state index contributed by atoms with van der Waals surface area (Å²) in [5.74, 6) is -1.51. The van der Waals surface area contributed by atoms with E-state index in [1.165, 1.54) is 15.6 Å². The van der Waals surface area contributed by atoms with E-state index in [4.69, 9.17) is 5.11 Å².